The van der Waals surface area contributed by atoms with Crippen LogP contribution < -0.4 is 0 Å². The lowest BCUT2D eigenvalue weighted by molar-refractivity contribution is 0.591. The molecule has 0 saturated heterocycles. The van der Waals surface area contributed by atoms with E-state index in [4.69, 9.17) is 0 Å². The zero-order chi connectivity index (χ0) is 8.81. The van der Waals surface area contributed by atoms with E-state index < -0.39 is 11.2 Å². The summed E-state index contributed by atoms with van der Waals surface area (Å²) < 4.78 is 11.5. The maximum atomic E-state index is 11.5. The molecule has 0 aliphatic carbocycles. The van der Waals surface area contributed by atoms with Gasteiger partial charge in [-0.1, -0.05) is 13.3 Å². The van der Waals surface area contributed by atoms with E-state index in [-0.39, 0.29) is 0 Å². The van der Waals surface area contributed by atoms with Gasteiger partial charge < -0.3 is 4.55 Å². The Morgan fingerprint density at radius 1 is 1.42 bits per heavy atom. The van der Waals surface area contributed by atoms with Crippen LogP contribution in [0.25, 0.3) is 0 Å². The molecular formula is C10H13OS. The molecule has 0 fully saturated rings. The minimum Gasteiger partial charge on any atom is -0.611 e. The van der Waals surface area contributed by atoms with Crippen molar-refractivity contribution in [2.24, 2.45) is 0 Å². The van der Waals surface area contributed by atoms with Gasteiger partial charge in [-0.3, -0.25) is 0 Å². The highest BCUT2D eigenvalue weighted by Gasteiger charge is 2.07. The summed E-state index contributed by atoms with van der Waals surface area (Å²) in [5, 5.41) is 0. The molecule has 0 aromatic heterocycles. The molecule has 0 N–H and O–H groups in total. The number of rotatable bonds is 4. The van der Waals surface area contributed by atoms with E-state index in [1.165, 1.54) is 0 Å². The first-order valence-electron chi connectivity index (χ1n) is 4.19. The Morgan fingerprint density at radius 3 is 2.67 bits per heavy atom. The highest BCUT2D eigenvalue weighted by Crippen LogP contribution is 2.11. The van der Waals surface area contributed by atoms with Crippen LogP contribution in [-0.2, 0) is 11.2 Å². The van der Waals surface area contributed by atoms with Crippen molar-refractivity contribution in [3.8, 4) is 0 Å². The van der Waals surface area contributed by atoms with Crippen molar-refractivity contribution < 1.29 is 4.55 Å². The molecule has 0 heterocycles. The summed E-state index contributed by atoms with van der Waals surface area (Å²) >= 11 is -0.803. The van der Waals surface area contributed by atoms with Gasteiger partial charge in [-0.2, -0.15) is 0 Å². The highest BCUT2D eigenvalue weighted by molar-refractivity contribution is 7.91. The number of unbranched alkanes of at least 4 members (excludes halogenated alkanes) is 1. The average Bonchev–Trinajstić information content (AvgIpc) is 2.15. The van der Waals surface area contributed by atoms with Gasteiger partial charge in [-0.05, 0) is 47.9 Å². The Kier molecular flexibility index (Phi) is 4.19. The van der Waals surface area contributed by atoms with E-state index in [1.54, 1.807) is 12.1 Å². The first-order valence-corrected chi connectivity index (χ1v) is 5.51. The lowest BCUT2D eigenvalue weighted by Crippen LogP contribution is -2.06. The van der Waals surface area contributed by atoms with Gasteiger partial charge in [0.2, 0.25) is 0 Å². The molecule has 0 spiro atoms. The van der Waals surface area contributed by atoms with Crippen LogP contribution in [0.2, 0.25) is 0 Å². The second-order valence-electron chi connectivity index (χ2n) is 2.64. The molecule has 1 nitrogen and oxygen atoms in total. The largest absolute Gasteiger partial charge is 0.611 e. The first-order chi connectivity index (χ1) is 5.84. The summed E-state index contributed by atoms with van der Waals surface area (Å²) in [6, 6.07) is 10.3. The van der Waals surface area contributed by atoms with Crippen LogP contribution in [0, 0.1) is 6.07 Å². The van der Waals surface area contributed by atoms with Gasteiger partial charge in [0.1, 0.15) is 5.75 Å². The Morgan fingerprint density at radius 2 is 2.08 bits per heavy atom. The number of benzene rings is 1. The summed E-state index contributed by atoms with van der Waals surface area (Å²) in [6.45, 7) is 2.11. The van der Waals surface area contributed by atoms with Crippen LogP contribution in [0.5, 0.6) is 0 Å². The van der Waals surface area contributed by atoms with Gasteiger partial charge in [0.05, 0.1) is 0 Å². The average molecular weight is 181 g/mol. The van der Waals surface area contributed by atoms with Crippen molar-refractivity contribution >= 4 is 11.2 Å². The molecule has 0 bridgehead atoms. The molecule has 12 heavy (non-hydrogen) atoms. The maximum Gasteiger partial charge on any atom is 0.152 e. The SMILES string of the molecule is CCCC[S+]([O-])c1cc[c]cc1. The molecule has 1 rings (SSSR count). The smallest absolute Gasteiger partial charge is 0.152 e. The highest BCUT2D eigenvalue weighted by atomic mass is 32.2. The number of hydrogen-bond acceptors (Lipinski definition) is 1. The zero-order valence-corrected chi connectivity index (χ0v) is 8.06. The summed E-state index contributed by atoms with van der Waals surface area (Å²) in [5.74, 6) is 0.778. The third kappa shape index (κ3) is 2.88. The van der Waals surface area contributed by atoms with E-state index in [0.29, 0.717) is 0 Å². The van der Waals surface area contributed by atoms with Crippen molar-refractivity contribution in [1.82, 2.24) is 0 Å². The zero-order valence-electron chi connectivity index (χ0n) is 7.25. The van der Waals surface area contributed by atoms with Gasteiger partial charge in [-0.15, -0.1) is 0 Å². The Bertz CT molecular complexity index is 210. The van der Waals surface area contributed by atoms with Crippen LogP contribution in [0.3, 0.4) is 0 Å². The standard InChI is InChI=1S/C10H13OS/c1-2-3-9-12(11)10-7-5-4-6-8-10/h5-8H,2-3,9H2,1H3. The normalized spacial score (nSPS) is 12.8. The summed E-state index contributed by atoms with van der Waals surface area (Å²) in [4.78, 5) is 0.919. The topological polar surface area (TPSA) is 23.1 Å². The summed E-state index contributed by atoms with van der Waals surface area (Å²) in [6.07, 6.45) is 2.13. The van der Waals surface area contributed by atoms with Crippen molar-refractivity contribution in [2.45, 2.75) is 24.7 Å². The molecule has 65 valence electrons. The molecule has 0 saturated carbocycles. The van der Waals surface area contributed by atoms with E-state index in [9.17, 15) is 4.55 Å². The van der Waals surface area contributed by atoms with E-state index in [2.05, 4.69) is 13.0 Å². The molecule has 1 radical (unpaired) electrons. The third-order valence-corrected chi connectivity index (χ3v) is 3.09. The van der Waals surface area contributed by atoms with Crippen molar-refractivity contribution in [2.75, 3.05) is 5.75 Å². The fraction of sp³-hybridized carbons (Fsp3) is 0.400. The van der Waals surface area contributed by atoms with E-state index >= 15 is 0 Å². The minimum atomic E-state index is -0.803. The maximum absolute atomic E-state index is 11.5. The Labute approximate surface area is 77.0 Å². The molecule has 1 aromatic rings. The second kappa shape index (κ2) is 5.22. The number of hydrogen-bond donors (Lipinski definition) is 0. The predicted octanol–water partition coefficient (Wildman–Crippen LogP) is 2.39. The fourth-order valence-electron chi connectivity index (χ4n) is 0.917. The minimum absolute atomic E-state index is 0.778. The molecule has 2 heteroatoms. The fourth-order valence-corrected chi connectivity index (χ4v) is 2.14. The molecule has 1 aromatic carbocycles. The lowest BCUT2D eigenvalue weighted by Gasteiger charge is -2.08. The van der Waals surface area contributed by atoms with Gasteiger partial charge in [0.15, 0.2) is 4.90 Å². The van der Waals surface area contributed by atoms with Crippen LogP contribution in [-0.4, -0.2) is 10.3 Å². The third-order valence-electron chi connectivity index (χ3n) is 1.63. The van der Waals surface area contributed by atoms with E-state index in [0.717, 1.165) is 23.5 Å². The van der Waals surface area contributed by atoms with Gasteiger partial charge >= 0.3 is 0 Å². The van der Waals surface area contributed by atoms with Gasteiger partial charge in [0, 0.05) is 0 Å². The second-order valence-corrected chi connectivity index (χ2v) is 4.21. The van der Waals surface area contributed by atoms with Crippen LogP contribution in [0.4, 0.5) is 0 Å². The predicted molar refractivity (Wildman–Crippen MR) is 51.5 cm³/mol. The van der Waals surface area contributed by atoms with E-state index in [1.807, 2.05) is 12.1 Å². The molecule has 1 atom stereocenters. The molecular weight excluding hydrogens is 168 g/mol. The van der Waals surface area contributed by atoms with Crippen molar-refractivity contribution in [3.05, 3.63) is 30.3 Å². The summed E-state index contributed by atoms with van der Waals surface area (Å²) in [7, 11) is 0. The monoisotopic (exact) mass is 181 g/mol. The van der Waals surface area contributed by atoms with Gasteiger partial charge in [0.25, 0.3) is 0 Å². The van der Waals surface area contributed by atoms with Crippen LogP contribution in [0.15, 0.2) is 29.2 Å². The van der Waals surface area contributed by atoms with Gasteiger partial charge in [-0.25, -0.2) is 0 Å². The molecule has 0 aliphatic heterocycles. The molecule has 0 amide bonds. The molecule has 0 aliphatic rings. The van der Waals surface area contributed by atoms with Crippen molar-refractivity contribution in [1.29, 1.82) is 0 Å². The molecule has 1 unspecified atom stereocenters. The summed E-state index contributed by atoms with van der Waals surface area (Å²) in [5.41, 5.74) is 0. The Hall–Kier alpha value is -0.470. The first kappa shape index (κ1) is 9.62. The van der Waals surface area contributed by atoms with Crippen LogP contribution in [0.1, 0.15) is 19.8 Å². The Balaban J connectivity index is 2.48. The lowest BCUT2D eigenvalue weighted by atomic mass is 10.4. The quantitative estimate of drug-likeness (QED) is 0.654. The van der Waals surface area contributed by atoms with Crippen LogP contribution >= 0.6 is 0 Å². The van der Waals surface area contributed by atoms with Crippen molar-refractivity contribution in [3.63, 3.8) is 0 Å².